The highest BCUT2D eigenvalue weighted by Crippen LogP contribution is 2.20. The molecule has 4 heteroatoms. The zero-order chi connectivity index (χ0) is 16.1. The Hall–Kier alpha value is -2.62. The van der Waals surface area contributed by atoms with Gasteiger partial charge in [0.1, 0.15) is 0 Å². The van der Waals surface area contributed by atoms with E-state index >= 15 is 0 Å². The lowest BCUT2D eigenvalue weighted by Crippen LogP contribution is -2.29. The maximum Gasteiger partial charge on any atom is 0.251 e. The molecule has 0 heterocycles. The van der Waals surface area contributed by atoms with Gasteiger partial charge in [0, 0.05) is 24.2 Å². The van der Waals surface area contributed by atoms with Crippen LogP contribution in [0.2, 0.25) is 0 Å². The van der Waals surface area contributed by atoms with E-state index in [9.17, 15) is 9.59 Å². The second kappa shape index (κ2) is 6.89. The standard InChI is InChI=1S/C18H20N2O2/c1-12(2)20-18(22)16-10-6-14(7-11-16)13-4-8-15(9-5-13)17(21)19-3/h4-12H,1-3H3,(H,19,21)(H,20,22). The topological polar surface area (TPSA) is 58.2 Å². The third-order valence-electron chi connectivity index (χ3n) is 3.27. The molecule has 0 aliphatic rings. The lowest BCUT2D eigenvalue weighted by molar-refractivity contribution is 0.0940. The lowest BCUT2D eigenvalue weighted by Gasteiger charge is -2.09. The van der Waals surface area contributed by atoms with Crippen molar-refractivity contribution in [1.29, 1.82) is 0 Å². The van der Waals surface area contributed by atoms with E-state index < -0.39 is 0 Å². The molecule has 114 valence electrons. The smallest absolute Gasteiger partial charge is 0.251 e. The van der Waals surface area contributed by atoms with Gasteiger partial charge in [0.15, 0.2) is 0 Å². The van der Waals surface area contributed by atoms with Crippen LogP contribution in [0.4, 0.5) is 0 Å². The molecule has 0 bridgehead atoms. The summed E-state index contributed by atoms with van der Waals surface area (Å²) in [5.41, 5.74) is 3.27. The van der Waals surface area contributed by atoms with Gasteiger partial charge in [-0.2, -0.15) is 0 Å². The monoisotopic (exact) mass is 296 g/mol. The van der Waals surface area contributed by atoms with Gasteiger partial charge < -0.3 is 10.6 Å². The van der Waals surface area contributed by atoms with Crippen LogP contribution in [-0.2, 0) is 0 Å². The fraction of sp³-hybridized carbons (Fsp3) is 0.222. The number of hydrogen-bond donors (Lipinski definition) is 2. The molecule has 0 aliphatic carbocycles. The number of carbonyl (C=O) groups excluding carboxylic acids is 2. The van der Waals surface area contributed by atoms with Crippen molar-refractivity contribution >= 4 is 11.8 Å². The van der Waals surface area contributed by atoms with Crippen LogP contribution in [0.5, 0.6) is 0 Å². The number of hydrogen-bond acceptors (Lipinski definition) is 2. The number of benzene rings is 2. The van der Waals surface area contributed by atoms with Gasteiger partial charge in [-0.15, -0.1) is 0 Å². The predicted octanol–water partition coefficient (Wildman–Crippen LogP) is 2.85. The van der Waals surface area contributed by atoms with Crippen molar-refractivity contribution in [1.82, 2.24) is 10.6 Å². The van der Waals surface area contributed by atoms with Gasteiger partial charge in [-0.3, -0.25) is 9.59 Å². The van der Waals surface area contributed by atoms with Gasteiger partial charge in [0.2, 0.25) is 0 Å². The summed E-state index contributed by atoms with van der Waals surface area (Å²) in [6, 6.07) is 14.9. The van der Waals surface area contributed by atoms with Crippen molar-refractivity contribution in [3.8, 4) is 11.1 Å². The Morgan fingerprint density at radius 1 is 0.773 bits per heavy atom. The zero-order valence-electron chi connectivity index (χ0n) is 13.0. The second-order valence-electron chi connectivity index (χ2n) is 5.36. The van der Waals surface area contributed by atoms with Crippen LogP contribution in [0.3, 0.4) is 0 Å². The number of amides is 2. The molecule has 0 atom stereocenters. The third-order valence-corrected chi connectivity index (χ3v) is 3.27. The quantitative estimate of drug-likeness (QED) is 0.911. The molecule has 0 radical (unpaired) electrons. The van der Waals surface area contributed by atoms with Crippen LogP contribution in [0.25, 0.3) is 11.1 Å². The second-order valence-corrected chi connectivity index (χ2v) is 5.36. The van der Waals surface area contributed by atoms with Crippen molar-refractivity contribution in [2.45, 2.75) is 19.9 Å². The summed E-state index contributed by atoms with van der Waals surface area (Å²) in [5.74, 6) is -0.177. The predicted molar refractivity (Wildman–Crippen MR) is 87.9 cm³/mol. The maximum atomic E-state index is 11.9. The molecular formula is C18H20N2O2. The first-order chi connectivity index (χ1) is 10.5. The van der Waals surface area contributed by atoms with Gasteiger partial charge >= 0.3 is 0 Å². The van der Waals surface area contributed by atoms with Crippen LogP contribution >= 0.6 is 0 Å². The minimum absolute atomic E-state index is 0.0727. The first-order valence-electron chi connectivity index (χ1n) is 7.24. The molecule has 0 aromatic heterocycles. The fourth-order valence-corrected chi connectivity index (χ4v) is 2.12. The summed E-state index contributed by atoms with van der Waals surface area (Å²) < 4.78 is 0. The molecule has 0 fully saturated rings. The highest BCUT2D eigenvalue weighted by atomic mass is 16.2. The largest absolute Gasteiger partial charge is 0.355 e. The Morgan fingerprint density at radius 3 is 1.55 bits per heavy atom. The van der Waals surface area contributed by atoms with Crippen molar-refractivity contribution in [3.05, 3.63) is 59.7 Å². The van der Waals surface area contributed by atoms with Crippen molar-refractivity contribution in [2.75, 3.05) is 7.05 Å². The van der Waals surface area contributed by atoms with Crippen LogP contribution in [0.15, 0.2) is 48.5 Å². The van der Waals surface area contributed by atoms with Crippen LogP contribution in [-0.4, -0.2) is 24.9 Å². The molecular weight excluding hydrogens is 276 g/mol. The Morgan fingerprint density at radius 2 is 1.18 bits per heavy atom. The molecule has 0 saturated heterocycles. The first-order valence-corrected chi connectivity index (χ1v) is 7.24. The Balaban J connectivity index is 2.16. The minimum atomic E-state index is -0.104. The SMILES string of the molecule is CNC(=O)c1ccc(-c2ccc(C(=O)NC(C)C)cc2)cc1. The molecule has 4 nitrogen and oxygen atoms in total. The molecule has 0 saturated carbocycles. The average Bonchev–Trinajstić information content (AvgIpc) is 2.54. The van der Waals surface area contributed by atoms with Crippen LogP contribution in [0, 0.1) is 0 Å². The Labute approximate surface area is 130 Å². The van der Waals surface area contributed by atoms with Crippen molar-refractivity contribution < 1.29 is 9.59 Å². The summed E-state index contributed by atoms with van der Waals surface area (Å²) >= 11 is 0. The minimum Gasteiger partial charge on any atom is -0.355 e. The van der Waals surface area contributed by atoms with E-state index in [4.69, 9.17) is 0 Å². The summed E-state index contributed by atoms with van der Waals surface area (Å²) in [5, 5.41) is 5.45. The zero-order valence-corrected chi connectivity index (χ0v) is 13.0. The molecule has 2 aromatic carbocycles. The highest BCUT2D eigenvalue weighted by Gasteiger charge is 2.07. The van der Waals surface area contributed by atoms with Crippen molar-refractivity contribution in [3.63, 3.8) is 0 Å². The molecule has 22 heavy (non-hydrogen) atoms. The van der Waals surface area contributed by atoms with E-state index in [2.05, 4.69) is 10.6 Å². The summed E-state index contributed by atoms with van der Waals surface area (Å²) in [6.45, 7) is 3.86. The molecule has 2 aromatic rings. The van der Waals surface area contributed by atoms with Gasteiger partial charge in [-0.1, -0.05) is 24.3 Å². The molecule has 2 N–H and O–H groups in total. The number of nitrogens with one attached hydrogen (secondary N) is 2. The van der Waals surface area contributed by atoms with Crippen LogP contribution in [0.1, 0.15) is 34.6 Å². The lowest BCUT2D eigenvalue weighted by atomic mass is 10.0. The fourth-order valence-electron chi connectivity index (χ4n) is 2.12. The third kappa shape index (κ3) is 3.73. The van der Waals surface area contributed by atoms with E-state index in [-0.39, 0.29) is 17.9 Å². The molecule has 0 aliphatic heterocycles. The van der Waals surface area contributed by atoms with E-state index in [1.807, 2.05) is 38.1 Å². The summed E-state index contributed by atoms with van der Waals surface area (Å²) in [4.78, 5) is 23.4. The van der Waals surface area contributed by atoms with Gasteiger partial charge in [-0.25, -0.2) is 0 Å². The summed E-state index contributed by atoms with van der Waals surface area (Å²) in [7, 11) is 1.61. The van der Waals surface area contributed by atoms with Gasteiger partial charge in [0.25, 0.3) is 11.8 Å². The van der Waals surface area contributed by atoms with E-state index in [1.54, 1.807) is 31.3 Å². The average molecular weight is 296 g/mol. The molecule has 0 unspecified atom stereocenters. The number of carbonyl (C=O) groups is 2. The number of rotatable bonds is 4. The molecule has 2 rings (SSSR count). The first kappa shape index (κ1) is 15.8. The van der Waals surface area contributed by atoms with E-state index in [1.165, 1.54) is 0 Å². The molecule has 2 amide bonds. The normalized spacial score (nSPS) is 10.4. The summed E-state index contributed by atoms with van der Waals surface area (Å²) in [6.07, 6.45) is 0. The Bertz CT molecular complexity index is 658. The maximum absolute atomic E-state index is 11.9. The Kier molecular flexibility index (Phi) is 4.94. The molecule has 0 spiro atoms. The highest BCUT2D eigenvalue weighted by molar-refractivity contribution is 5.95. The van der Waals surface area contributed by atoms with Gasteiger partial charge in [-0.05, 0) is 49.2 Å². The van der Waals surface area contributed by atoms with E-state index in [0.717, 1.165) is 11.1 Å². The van der Waals surface area contributed by atoms with Crippen molar-refractivity contribution in [2.24, 2.45) is 0 Å². The van der Waals surface area contributed by atoms with E-state index in [0.29, 0.717) is 11.1 Å². The van der Waals surface area contributed by atoms with Gasteiger partial charge in [0.05, 0.1) is 0 Å². The van der Waals surface area contributed by atoms with Crippen LogP contribution < -0.4 is 10.6 Å².